The Morgan fingerprint density at radius 1 is 1.05 bits per heavy atom. The zero-order valence-corrected chi connectivity index (χ0v) is 12.7. The van der Waals surface area contributed by atoms with E-state index in [4.69, 9.17) is 39.5 Å². The molecule has 1 N–H and O–H groups in total. The molecule has 6 heteroatoms. The molecule has 1 amide bonds. The average molecular weight is 331 g/mol. The van der Waals surface area contributed by atoms with Gasteiger partial charge in [0.15, 0.2) is 0 Å². The number of nitrogens with one attached hydrogen (secondary N) is 1. The standard InChI is InChI=1S/C14H10Cl3NO2/c1-20-13-5-3-9(7-12(13)17)18-14(19)10-6-8(15)2-4-11(10)16/h2-7H,1H3,(H,18,19). The van der Waals surface area contributed by atoms with E-state index < -0.39 is 0 Å². The number of carbonyl (C=O) groups is 1. The van der Waals surface area contributed by atoms with Crippen molar-refractivity contribution in [1.29, 1.82) is 0 Å². The quantitative estimate of drug-likeness (QED) is 0.868. The zero-order valence-electron chi connectivity index (χ0n) is 10.4. The van der Waals surface area contributed by atoms with Crippen LogP contribution in [0, 0.1) is 0 Å². The molecule has 2 aromatic rings. The monoisotopic (exact) mass is 329 g/mol. The summed E-state index contributed by atoms with van der Waals surface area (Å²) in [6.07, 6.45) is 0. The van der Waals surface area contributed by atoms with Gasteiger partial charge in [-0.1, -0.05) is 34.8 Å². The second-order valence-electron chi connectivity index (χ2n) is 3.93. The van der Waals surface area contributed by atoms with Gasteiger partial charge in [-0.05, 0) is 36.4 Å². The summed E-state index contributed by atoms with van der Waals surface area (Å²) in [4.78, 5) is 12.1. The van der Waals surface area contributed by atoms with E-state index in [0.29, 0.717) is 32.1 Å². The van der Waals surface area contributed by atoms with Gasteiger partial charge in [0.25, 0.3) is 5.91 Å². The van der Waals surface area contributed by atoms with Gasteiger partial charge < -0.3 is 10.1 Å². The minimum absolute atomic E-state index is 0.297. The highest BCUT2D eigenvalue weighted by molar-refractivity contribution is 6.36. The third-order valence-corrected chi connectivity index (χ3v) is 3.44. The predicted octanol–water partition coefficient (Wildman–Crippen LogP) is 4.91. The minimum Gasteiger partial charge on any atom is -0.495 e. The number of halogens is 3. The van der Waals surface area contributed by atoms with Crippen LogP contribution in [0.2, 0.25) is 15.1 Å². The fourth-order valence-electron chi connectivity index (χ4n) is 1.61. The first-order chi connectivity index (χ1) is 9.51. The molecule has 0 fully saturated rings. The number of methoxy groups -OCH3 is 1. The second kappa shape index (κ2) is 6.35. The highest BCUT2D eigenvalue weighted by Gasteiger charge is 2.12. The number of rotatable bonds is 3. The van der Waals surface area contributed by atoms with Crippen molar-refractivity contribution in [1.82, 2.24) is 0 Å². The Morgan fingerprint density at radius 3 is 2.45 bits per heavy atom. The van der Waals surface area contributed by atoms with Crippen LogP contribution >= 0.6 is 34.8 Å². The average Bonchev–Trinajstić information content (AvgIpc) is 2.41. The summed E-state index contributed by atoms with van der Waals surface area (Å²) < 4.78 is 5.04. The number of anilines is 1. The summed E-state index contributed by atoms with van der Waals surface area (Å²) in [5.74, 6) is 0.171. The molecule has 0 aliphatic carbocycles. The maximum atomic E-state index is 12.1. The number of hydrogen-bond acceptors (Lipinski definition) is 2. The number of carbonyl (C=O) groups excluding carboxylic acids is 1. The van der Waals surface area contributed by atoms with Crippen LogP contribution in [0.3, 0.4) is 0 Å². The topological polar surface area (TPSA) is 38.3 Å². The summed E-state index contributed by atoms with van der Waals surface area (Å²) in [7, 11) is 1.52. The number of amides is 1. The van der Waals surface area contributed by atoms with Crippen molar-refractivity contribution in [2.75, 3.05) is 12.4 Å². The highest BCUT2D eigenvalue weighted by Crippen LogP contribution is 2.28. The van der Waals surface area contributed by atoms with Gasteiger partial charge in [-0.25, -0.2) is 0 Å². The van der Waals surface area contributed by atoms with Gasteiger partial charge in [-0.3, -0.25) is 4.79 Å². The van der Waals surface area contributed by atoms with E-state index in [0.717, 1.165) is 0 Å². The Labute approximate surface area is 131 Å². The minimum atomic E-state index is -0.362. The van der Waals surface area contributed by atoms with Crippen molar-refractivity contribution in [3.8, 4) is 5.75 Å². The smallest absolute Gasteiger partial charge is 0.257 e. The summed E-state index contributed by atoms with van der Waals surface area (Å²) in [6, 6.07) is 9.63. The van der Waals surface area contributed by atoms with Crippen LogP contribution in [0.1, 0.15) is 10.4 Å². The van der Waals surface area contributed by atoms with E-state index in [9.17, 15) is 4.79 Å². The molecule has 2 rings (SSSR count). The lowest BCUT2D eigenvalue weighted by atomic mass is 10.2. The number of benzene rings is 2. The van der Waals surface area contributed by atoms with Crippen LogP contribution in [0.25, 0.3) is 0 Å². The van der Waals surface area contributed by atoms with E-state index in [2.05, 4.69) is 5.32 Å². The molecule has 0 spiro atoms. The van der Waals surface area contributed by atoms with E-state index in [-0.39, 0.29) is 5.91 Å². The third kappa shape index (κ3) is 3.37. The van der Waals surface area contributed by atoms with Gasteiger partial charge in [0.05, 0.1) is 22.7 Å². The normalized spacial score (nSPS) is 10.2. The molecule has 0 heterocycles. The number of hydrogen-bond donors (Lipinski definition) is 1. The second-order valence-corrected chi connectivity index (χ2v) is 5.18. The fourth-order valence-corrected chi connectivity index (χ4v) is 2.25. The molecule has 0 aromatic heterocycles. The van der Waals surface area contributed by atoms with Crippen molar-refractivity contribution in [3.63, 3.8) is 0 Å². The van der Waals surface area contributed by atoms with Gasteiger partial charge in [0, 0.05) is 10.7 Å². The molecule has 0 aliphatic rings. The molecule has 0 unspecified atom stereocenters. The Morgan fingerprint density at radius 2 is 1.80 bits per heavy atom. The SMILES string of the molecule is COc1ccc(NC(=O)c2cc(Cl)ccc2Cl)cc1Cl. The maximum absolute atomic E-state index is 12.1. The van der Waals surface area contributed by atoms with Crippen LogP contribution < -0.4 is 10.1 Å². The van der Waals surface area contributed by atoms with Crippen molar-refractivity contribution in [2.45, 2.75) is 0 Å². The largest absolute Gasteiger partial charge is 0.495 e. The lowest BCUT2D eigenvalue weighted by Gasteiger charge is -2.09. The van der Waals surface area contributed by atoms with E-state index in [1.54, 1.807) is 30.3 Å². The molecule has 2 aromatic carbocycles. The Hall–Kier alpha value is -1.42. The molecule has 0 bridgehead atoms. The summed E-state index contributed by atoms with van der Waals surface area (Å²) >= 11 is 17.8. The first kappa shape index (κ1) is 15.0. The lowest BCUT2D eigenvalue weighted by molar-refractivity contribution is 0.102. The molecule has 0 saturated heterocycles. The molecule has 0 aliphatic heterocycles. The molecule has 0 atom stereocenters. The van der Waals surface area contributed by atoms with Gasteiger partial charge in [-0.15, -0.1) is 0 Å². The molecule has 20 heavy (non-hydrogen) atoms. The Balaban J connectivity index is 2.23. The van der Waals surface area contributed by atoms with Crippen molar-refractivity contribution < 1.29 is 9.53 Å². The summed E-state index contributed by atoms with van der Waals surface area (Å²) in [5, 5.41) is 3.86. The first-order valence-corrected chi connectivity index (χ1v) is 6.74. The molecule has 0 radical (unpaired) electrons. The molecule has 0 saturated carbocycles. The van der Waals surface area contributed by atoms with Crippen LogP contribution in [-0.2, 0) is 0 Å². The van der Waals surface area contributed by atoms with Gasteiger partial charge in [0.1, 0.15) is 5.75 Å². The fraction of sp³-hybridized carbons (Fsp3) is 0.0714. The van der Waals surface area contributed by atoms with Crippen molar-refractivity contribution in [2.24, 2.45) is 0 Å². The highest BCUT2D eigenvalue weighted by atomic mass is 35.5. The van der Waals surface area contributed by atoms with Crippen LogP contribution in [0.5, 0.6) is 5.75 Å². The maximum Gasteiger partial charge on any atom is 0.257 e. The number of ether oxygens (including phenoxy) is 1. The van der Waals surface area contributed by atoms with E-state index in [1.165, 1.54) is 13.2 Å². The van der Waals surface area contributed by atoms with Crippen LogP contribution in [0.15, 0.2) is 36.4 Å². The van der Waals surface area contributed by atoms with Crippen LogP contribution in [0.4, 0.5) is 5.69 Å². The Bertz CT molecular complexity index is 659. The lowest BCUT2D eigenvalue weighted by Crippen LogP contribution is -2.12. The third-order valence-electron chi connectivity index (χ3n) is 2.58. The first-order valence-electron chi connectivity index (χ1n) is 5.61. The Kier molecular flexibility index (Phi) is 4.76. The van der Waals surface area contributed by atoms with E-state index >= 15 is 0 Å². The molecule has 3 nitrogen and oxygen atoms in total. The van der Waals surface area contributed by atoms with E-state index in [1.807, 2.05) is 0 Å². The van der Waals surface area contributed by atoms with Gasteiger partial charge in [-0.2, -0.15) is 0 Å². The summed E-state index contributed by atoms with van der Waals surface area (Å²) in [5.41, 5.74) is 0.836. The van der Waals surface area contributed by atoms with Crippen molar-refractivity contribution >= 4 is 46.4 Å². The van der Waals surface area contributed by atoms with Gasteiger partial charge >= 0.3 is 0 Å². The van der Waals surface area contributed by atoms with Gasteiger partial charge in [0.2, 0.25) is 0 Å². The summed E-state index contributed by atoms with van der Waals surface area (Å²) in [6.45, 7) is 0. The van der Waals surface area contributed by atoms with Crippen LogP contribution in [-0.4, -0.2) is 13.0 Å². The molecular formula is C14H10Cl3NO2. The molecule has 104 valence electrons. The predicted molar refractivity (Wildman–Crippen MR) is 82.4 cm³/mol. The van der Waals surface area contributed by atoms with Crippen molar-refractivity contribution in [3.05, 3.63) is 57.0 Å². The zero-order chi connectivity index (χ0) is 14.7. The molecular weight excluding hydrogens is 321 g/mol.